The molecule has 0 radical (unpaired) electrons. The van der Waals surface area contributed by atoms with Crippen LogP contribution in [0.2, 0.25) is 0 Å². The molecular weight excluding hydrogens is 268 g/mol. The number of amidine groups is 1. The van der Waals surface area contributed by atoms with Crippen LogP contribution in [0.4, 0.5) is 0 Å². The van der Waals surface area contributed by atoms with Gasteiger partial charge in [-0.25, -0.2) is 0 Å². The van der Waals surface area contributed by atoms with Crippen molar-refractivity contribution in [2.24, 2.45) is 22.2 Å². The Morgan fingerprint density at radius 3 is 2.76 bits per heavy atom. The van der Waals surface area contributed by atoms with Crippen molar-refractivity contribution in [3.05, 3.63) is 30.1 Å². The zero-order valence-electron chi connectivity index (χ0n) is 12.5. The van der Waals surface area contributed by atoms with Crippen LogP contribution in [0, 0.1) is 11.3 Å². The summed E-state index contributed by atoms with van der Waals surface area (Å²) in [4.78, 5) is 18.8. The Bertz CT molecular complexity index is 524. The molecule has 2 rings (SSSR count). The third-order valence-electron chi connectivity index (χ3n) is 4.15. The number of aromatic nitrogens is 1. The number of amides is 1. The van der Waals surface area contributed by atoms with Crippen molar-refractivity contribution in [1.29, 1.82) is 0 Å². The summed E-state index contributed by atoms with van der Waals surface area (Å²) in [6, 6.07) is 5.62. The Kier molecular flexibility index (Phi) is 4.45. The highest BCUT2D eigenvalue weighted by atomic mass is 16.4. The van der Waals surface area contributed by atoms with Gasteiger partial charge < -0.3 is 15.8 Å². The molecule has 21 heavy (non-hydrogen) atoms. The lowest BCUT2D eigenvalue weighted by molar-refractivity contribution is -0.144. The lowest BCUT2D eigenvalue weighted by Crippen LogP contribution is -2.57. The number of nitrogens with zero attached hydrogens (tertiary/aromatic N) is 3. The molecule has 1 amide bonds. The topological polar surface area (TPSA) is 91.8 Å². The van der Waals surface area contributed by atoms with Gasteiger partial charge in [0.2, 0.25) is 5.91 Å². The lowest BCUT2D eigenvalue weighted by atomic mass is 9.61. The molecule has 1 fully saturated rings. The monoisotopic (exact) mass is 290 g/mol. The van der Waals surface area contributed by atoms with Gasteiger partial charge in [0, 0.05) is 12.7 Å². The van der Waals surface area contributed by atoms with E-state index in [1.54, 1.807) is 11.1 Å². The Morgan fingerprint density at radius 1 is 1.57 bits per heavy atom. The fraction of sp³-hybridized carbons (Fsp3) is 0.533. The van der Waals surface area contributed by atoms with Gasteiger partial charge in [-0.1, -0.05) is 18.1 Å². The van der Waals surface area contributed by atoms with Crippen molar-refractivity contribution < 1.29 is 10.0 Å². The zero-order valence-corrected chi connectivity index (χ0v) is 12.5. The summed E-state index contributed by atoms with van der Waals surface area (Å²) in [5.74, 6) is 0.344. The highest BCUT2D eigenvalue weighted by molar-refractivity contribution is 6.07. The van der Waals surface area contributed by atoms with Crippen molar-refractivity contribution in [2.75, 3.05) is 6.54 Å². The molecule has 0 bridgehead atoms. The van der Waals surface area contributed by atoms with E-state index in [1.807, 2.05) is 25.1 Å². The lowest BCUT2D eigenvalue weighted by Gasteiger charge is -2.46. The largest absolute Gasteiger partial charge is 0.409 e. The number of rotatable bonds is 5. The molecule has 114 valence electrons. The zero-order chi connectivity index (χ0) is 15.5. The van der Waals surface area contributed by atoms with E-state index in [2.05, 4.69) is 17.1 Å². The molecule has 1 aliphatic carbocycles. The number of oxime groups is 1. The summed E-state index contributed by atoms with van der Waals surface area (Å²) in [5, 5.41) is 12.1. The van der Waals surface area contributed by atoms with E-state index in [0.29, 0.717) is 31.8 Å². The summed E-state index contributed by atoms with van der Waals surface area (Å²) in [6.07, 6.45) is 2.96. The van der Waals surface area contributed by atoms with Gasteiger partial charge in [0.25, 0.3) is 0 Å². The van der Waals surface area contributed by atoms with Gasteiger partial charge in [0.1, 0.15) is 5.41 Å². The summed E-state index contributed by atoms with van der Waals surface area (Å²) in [5.41, 5.74) is 5.78. The number of pyridine rings is 1. The second kappa shape index (κ2) is 6.11. The minimum atomic E-state index is -0.848. The molecule has 1 saturated carbocycles. The van der Waals surface area contributed by atoms with Gasteiger partial charge in [-0.15, -0.1) is 0 Å². The van der Waals surface area contributed by atoms with E-state index >= 15 is 0 Å². The molecule has 0 unspecified atom stereocenters. The smallest absolute Gasteiger partial charge is 0.236 e. The molecule has 0 spiro atoms. The van der Waals surface area contributed by atoms with E-state index in [-0.39, 0.29) is 11.7 Å². The third-order valence-corrected chi connectivity index (χ3v) is 4.15. The predicted molar refractivity (Wildman–Crippen MR) is 79.6 cm³/mol. The molecule has 6 nitrogen and oxygen atoms in total. The van der Waals surface area contributed by atoms with Crippen molar-refractivity contribution in [1.82, 2.24) is 9.88 Å². The maximum Gasteiger partial charge on any atom is 0.236 e. The van der Waals surface area contributed by atoms with E-state index in [0.717, 1.165) is 5.69 Å². The van der Waals surface area contributed by atoms with Crippen molar-refractivity contribution in [3.63, 3.8) is 0 Å². The van der Waals surface area contributed by atoms with Gasteiger partial charge >= 0.3 is 0 Å². The number of nitrogens with two attached hydrogens (primary N) is 1. The Morgan fingerprint density at radius 2 is 2.29 bits per heavy atom. The summed E-state index contributed by atoms with van der Waals surface area (Å²) in [7, 11) is 0. The average molecular weight is 290 g/mol. The molecule has 3 N–H and O–H groups in total. The van der Waals surface area contributed by atoms with Crippen LogP contribution in [-0.4, -0.2) is 33.4 Å². The third kappa shape index (κ3) is 2.84. The maximum absolute atomic E-state index is 12.9. The Hall–Kier alpha value is -2.11. The van der Waals surface area contributed by atoms with E-state index < -0.39 is 5.41 Å². The highest BCUT2D eigenvalue weighted by Crippen LogP contribution is 2.47. The fourth-order valence-corrected chi connectivity index (χ4v) is 3.04. The van der Waals surface area contributed by atoms with Crippen LogP contribution < -0.4 is 5.73 Å². The molecule has 0 saturated heterocycles. The van der Waals surface area contributed by atoms with Gasteiger partial charge in [-0.2, -0.15) is 0 Å². The van der Waals surface area contributed by atoms with Crippen LogP contribution in [0.1, 0.15) is 32.4 Å². The number of hydrogen-bond acceptors (Lipinski definition) is 4. The van der Waals surface area contributed by atoms with Crippen molar-refractivity contribution in [2.45, 2.75) is 33.2 Å². The Balaban J connectivity index is 2.19. The van der Waals surface area contributed by atoms with E-state index in [9.17, 15) is 4.79 Å². The molecule has 1 aliphatic rings. The molecule has 0 atom stereocenters. The second-order valence-electron chi connectivity index (χ2n) is 5.72. The van der Waals surface area contributed by atoms with Crippen molar-refractivity contribution >= 4 is 11.7 Å². The maximum atomic E-state index is 12.9. The molecule has 0 aromatic carbocycles. The minimum Gasteiger partial charge on any atom is -0.409 e. The van der Waals surface area contributed by atoms with Gasteiger partial charge in [0.05, 0.1) is 12.2 Å². The minimum absolute atomic E-state index is 0.0186. The number of carbonyl (C=O) groups is 1. The number of carbonyl (C=O) groups excluding carboxylic acids is 1. The normalized spacial score (nSPS) is 25.2. The van der Waals surface area contributed by atoms with Crippen LogP contribution in [-0.2, 0) is 11.3 Å². The summed E-state index contributed by atoms with van der Waals surface area (Å²) in [6.45, 7) is 4.98. The molecule has 6 heteroatoms. The first-order valence-corrected chi connectivity index (χ1v) is 7.20. The number of hydrogen-bond donors (Lipinski definition) is 2. The van der Waals surface area contributed by atoms with Crippen LogP contribution in [0.25, 0.3) is 0 Å². The van der Waals surface area contributed by atoms with Crippen LogP contribution in [0.3, 0.4) is 0 Å². The van der Waals surface area contributed by atoms with E-state index in [1.165, 1.54) is 0 Å². The molecule has 1 aromatic rings. The first-order chi connectivity index (χ1) is 10.0. The predicted octanol–water partition coefficient (Wildman–Crippen LogP) is 1.59. The molecule has 0 aliphatic heterocycles. The quantitative estimate of drug-likeness (QED) is 0.373. The fourth-order valence-electron chi connectivity index (χ4n) is 3.04. The first-order valence-electron chi connectivity index (χ1n) is 7.20. The first kappa shape index (κ1) is 15.3. The van der Waals surface area contributed by atoms with Crippen LogP contribution >= 0.6 is 0 Å². The van der Waals surface area contributed by atoms with Crippen LogP contribution in [0.5, 0.6) is 0 Å². The second-order valence-corrected chi connectivity index (χ2v) is 5.72. The Labute approximate surface area is 124 Å². The summed E-state index contributed by atoms with van der Waals surface area (Å²) >= 11 is 0. The average Bonchev–Trinajstić information content (AvgIpc) is 2.48. The standard InChI is InChI=1S/C15H22N4O2/c1-3-19(10-12-6-4-5-7-17-12)14(20)15(13(16)18-21)8-11(2)9-15/h4-7,11,21H,3,8-10H2,1-2H3,(H2,16,18). The van der Waals surface area contributed by atoms with Gasteiger partial charge in [-0.05, 0) is 37.8 Å². The molecule has 1 aromatic heterocycles. The SMILES string of the molecule is CCN(Cc1ccccn1)C(=O)C1(/C(N)=N/O)CC(C)C1. The molecule has 1 heterocycles. The van der Waals surface area contributed by atoms with E-state index in [4.69, 9.17) is 10.9 Å². The highest BCUT2D eigenvalue weighted by Gasteiger charge is 2.53. The summed E-state index contributed by atoms with van der Waals surface area (Å²) < 4.78 is 0. The van der Waals surface area contributed by atoms with Crippen LogP contribution in [0.15, 0.2) is 29.6 Å². The van der Waals surface area contributed by atoms with Gasteiger partial charge in [-0.3, -0.25) is 9.78 Å². The molecular formula is C15H22N4O2. The van der Waals surface area contributed by atoms with Crippen molar-refractivity contribution in [3.8, 4) is 0 Å². The van der Waals surface area contributed by atoms with Gasteiger partial charge in [0.15, 0.2) is 5.84 Å².